The van der Waals surface area contributed by atoms with Crippen molar-refractivity contribution in [3.8, 4) is 11.5 Å². The Morgan fingerprint density at radius 2 is 1.87 bits per heavy atom. The van der Waals surface area contributed by atoms with Crippen molar-refractivity contribution >= 4 is 23.1 Å². The number of nitrogens with zero attached hydrogens (tertiary/aromatic N) is 2. The highest BCUT2D eigenvalue weighted by Gasteiger charge is 2.30. The summed E-state index contributed by atoms with van der Waals surface area (Å²) in [5.74, 6) is 0.101. The van der Waals surface area contributed by atoms with E-state index in [0.717, 1.165) is 12.1 Å². The standard InChI is InChI=1S/C21H16F3N3O3/c22-21(23,24)13-6-8-14(9-7-13)26-20(29)15-3-1-4-16-18(15)30-12-11-27(16)19-17(28)5-2-10-25-19/h1-10,28H,11-12H2,(H,26,29). The molecule has 2 heterocycles. The summed E-state index contributed by atoms with van der Waals surface area (Å²) in [5, 5.41) is 12.7. The highest BCUT2D eigenvalue weighted by Crippen LogP contribution is 2.41. The molecule has 0 saturated heterocycles. The molecule has 0 bridgehead atoms. The second-order valence-electron chi connectivity index (χ2n) is 6.53. The summed E-state index contributed by atoms with van der Waals surface area (Å²) in [5.41, 5.74) is 0.190. The Kier molecular flexibility index (Phi) is 4.94. The molecule has 2 N–H and O–H groups in total. The molecule has 0 fully saturated rings. The summed E-state index contributed by atoms with van der Waals surface area (Å²) < 4.78 is 43.8. The number of carbonyl (C=O) groups excluding carboxylic acids is 1. The van der Waals surface area contributed by atoms with Crippen LogP contribution in [0.1, 0.15) is 15.9 Å². The maximum absolute atomic E-state index is 12.8. The van der Waals surface area contributed by atoms with Crippen LogP contribution in [0.3, 0.4) is 0 Å². The van der Waals surface area contributed by atoms with Crippen LogP contribution in [0, 0.1) is 0 Å². The summed E-state index contributed by atoms with van der Waals surface area (Å²) >= 11 is 0. The molecule has 0 unspecified atom stereocenters. The van der Waals surface area contributed by atoms with E-state index in [-0.39, 0.29) is 23.6 Å². The molecule has 1 aliphatic rings. The first-order valence-electron chi connectivity index (χ1n) is 9.00. The van der Waals surface area contributed by atoms with Gasteiger partial charge in [0.1, 0.15) is 6.61 Å². The van der Waals surface area contributed by atoms with E-state index in [4.69, 9.17) is 4.74 Å². The SMILES string of the molecule is O=C(Nc1ccc(C(F)(F)F)cc1)c1cccc2c1OCCN2c1ncccc1O. The maximum atomic E-state index is 12.8. The molecular weight excluding hydrogens is 399 g/mol. The number of hydrogen-bond acceptors (Lipinski definition) is 5. The van der Waals surface area contributed by atoms with Gasteiger partial charge in [-0.3, -0.25) is 4.79 Å². The first-order valence-corrected chi connectivity index (χ1v) is 9.00. The van der Waals surface area contributed by atoms with Gasteiger partial charge in [-0.15, -0.1) is 0 Å². The number of para-hydroxylation sites is 1. The van der Waals surface area contributed by atoms with Gasteiger partial charge in [0.05, 0.1) is 23.4 Å². The van der Waals surface area contributed by atoms with Crippen molar-refractivity contribution in [3.63, 3.8) is 0 Å². The van der Waals surface area contributed by atoms with Crippen molar-refractivity contribution in [3.05, 3.63) is 71.9 Å². The second-order valence-corrected chi connectivity index (χ2v) is 6.53. The number of anilines is 3. The third-order valence-corrected chi connectivity index (χ3v) is 4.58. The van der Waals surface area contributed by atoms with Gasteiger partial charge in [-0.25, -0.2) is 4.98 Å². The lowest BCUT2D eigenvalue weighted by atomic mass is 10.1. The number of carbonyl (C=O) groups is 1. The van der Waals surface area contributed by atoms with Crippen LogP contribution < -0.4 is 15.0 Å². The smallest absolute Gasteiger partial charge is 0.416 e. The fourth-order valence-electron chi connectivity index (χ4n) is 3.18. The number of nitrogens with one attached hydrogen (secondary N) is 1. The number of hydrogen-bond donors (Lipinski definition) is 2. The van der Waals surface area contributed by atoms with Crippen LogP contribution in [0.25, 0.3) is 0 Å². The normalized spacial score (nSPS) is 13.4. The lowest BCUT2D eigenvalue weighted by Gasteiger charge is -2.31. The monoisotopic (exact) mass is 415 g/mol. The van der Waals surface area contributed by atoms with Gasteiger partial charge in [0.15, 0.2) is 17.3 Å². The summed E-state index contributed by atoms with van der Waals surface area (Å²) in [6.07, 6.45) is -2.90. The van der Waals surface area contributed by atoms with E-state index in [1.807, 2.05) is 0 Å². The number of fused-ring (bicyclic) bond motifs is 1. The zero-order chi connectivity index (χ0) is 21.3. The molecule has 2 aromatic carbocycles. The molecule has 1 amide bonds. The highest BCUT2D eigenvalue weighted by molar-refractivity contribution is 6.07. The van der Waals surface area contributed by atoms with E-state index in [9.17, 15) is 23.1 Å². The molecule has 154 valence electrons. The fourth-order valence-corrected chi connectivity index (χ4v) is 3.18. The third kappa shape index (κ3) is 3.73. The number of alkyl halides is 3. The largest absolute Gasteiger partial charge is 0.504 e. The molecule has 1 aliphatic heterocycles. The van der Waals surface area contributed by atoms with Crippen LogP contribution in [-0.2, 0) is 6.18 Å². The van der Waals surface area contributed by atoms with Gasteiger partial charge in [-0.2, -0.15) is 13.2 Å². The summed E-state index contributed by atoms with van der Waals surface area (Å²) in [6, 6.07) is 12.2. The number of amides is 1. The molecule has 1 aromatic heterocycles. The quantitative estimate of drug-likeness (QED) is 0.655. The van der Waals surface area contributed by atoms with E-state index in [1.54, 1.807) is 35.4 Å². The first kappa shape index (κ1) is 19.6. The van der Waals surface area contributed by atoms with Crippen LogP contribution in [0.15, 0.2) is 60.8 Å². The minimum absolute atomic E-state index is 0.00930. The number of aromatic nitrogens is 1. The summed E-state index contributed by atoms with van der Waals surface area (Å²) in [4.78, 5) is 18.7. The number of pyridine rings is 1. The maximum Gasteiger partial charge on any atom is 0.416 e. The summed E-state index contributed by atoms with van der Waals surface area (Å²) in [6.45, 7) is 0.676. The van der Waals surface area contributed by atoms with Crippen LogP contribution in [0.5, 0.6) is 11.5 Å². The molecule has 9 heteroatoms. The van der Waals surface area contributed by atoms with Crippen molar-refractivity contribution in [1.82, 2.24) is 4.98 Å². The number of aromatic hydroxyl groups is 1. The second kappa shape index (κ2) is 7.58. The van der Waals surface area contributed by atoms with E-state index in [2.05, 4.69) is 10.3 Å². The minimum atomic E-state index is -4.45. The lowest BCUT2D eigenvalue weighted by Crippen LogP contribution is -2.30. The van der Waals surface area contributed by atoms with E-state index in [1.165, 1.54) is 18.2 Å². The van der Waals surface area contributed by atoms with Gasteiger partial charge in [0.2, 0.25) is 0 Å². The van der Waals surface area contributed by atoms with E-state index >= 15 is 0 Å². The Morgan fingerprint density at radius 3 is 2.57 bits per heavy atom. The van der Waals surface area contributed by atoms with Crippen LogP contribution in [-0.4, -0.2) is 29.1 Å². The van der Waals surface area contributed by atoms with Gasteiger partial charge >= 0.3 is 6.18 Å². The predicted octanol–water partition coefficient (Wildman–Crippen LogP) is 4.59. The van der Waals surface area contributed by atoms with Crippen LogP contribution >= 0.6 is 0 Å². The predicted molar refractivity (Wildman–Crippen MR) is 104 cm³/mol. The lowest BCUT2D eigenvalue weighted by molar-refractivity contribution is -0.137. The number of ether oxygens (including phenoxy) is 1. The number of rotatable bonds is 3. The van der Waals surface area contributed by atoms with Gasteiger partial charge in [-0.1, -0.05) is 6.07 Å². The summed E-state index contributed by atoms with van der Waals surface area (Å²) in [7, 11) is 0. The van der Waals surface area contributed by atoms with Crippen LogP contribution in [0.4, 0.5) is 30.4 Å². The van der Waals surface area contributed by atoms with Crippen molar-refractivity contribution in [1.29, 1.82) is 0 Å². The van der Waals surface area contributed by atoms with E-state index < -0.39 is 17.6 Å². The number of halogens is 3. The van der Waals surface area contributed by atoms with Crippen molar-refractivity contribution in [2.24, 2.45) is 0 Å². The Balaban J connectivity index is 1.62. The zero-order valence-corrected chi connectivity index (χ0v) is 15.5. The third-order valence-electron chi connectivity index (χ3n) is 4.58. The number of benzene rings is 2. The van der Waals surface area contributed by atoms with Crippen LogP contribution in [0.2, 0.25) is 0 Å². The Labute approximate surface area is 169 Å². The van der Waals surface area contributed by atoms with Crippen molar-refractivity contribution < 1.29 is 27.8 Å². The van der Waals surface area contributed by atoms with Gasteiger partial charge < -0.3 is 20.1 Å². The van der Waals surface area contributed by atoms with E-state index in [0.29, 0.717) is 23.8 Å². The van der Waals surface area contributed by atoms with Gasteiger partial charge in [0.25, 0.3) is 5.91 Å². The van der Waals surface area contributed by atoms with Crippen molar-refractivity contribution in [2.45, 2.75) is 6.18 Å². The molecule has 0 atom stereocenters. The molecule has 0 saturated carbocycles. The van der Waals surface area contributed by atoms with Gasteiger partial charge in [0, 0.05) is 11.9 Å². The molecule has 0 radical (unpaired) electrons. The molecular formula is C21H16F3N3O3. The molecule has 0 aliphatic carbocycles. The zero-order valence-electron chi connectivity index (χ0n) is 15.5. The van der Waals surface area contributed by atoms with Crippen molar-refractivity contribution in [2.75, 3.05) is 23.4 Å². The average Bonchev–Trinajstić information content (AvgIpc) is 2.73. The highest BCUT2D eigenvalue weighted by atomic mass is 19.4. The first-order chi connectivity index (χ1) is 14.3. The minimum Gasteiger partial charge on any atom is -0.504 e. The Bertz CT molecular complexity index is 1080. The molecule has 3 aromatic rings. The average molecular weight is 415 g/mol. The molecule has 0 spiro atoms. The molecule has 30 heavy (non-hydrogen) atoms. The fraction of sp³-hybridized carbons (Fsp3) is 0.143. The van der Waals surface area contributed by atoms with Gasteiger partial charge in [-0.05, 0) is 48.5 Å². The molecule has 6 nitrogen and oxygen atoms in total. The Hall–Kier alpha value is -3.75. The molecule has 4 rings (SSSR count). The Morgan fingerprint density at radius 1 is 1.10 bits per heavy atom. The topological polar surface area (TPSA) is 74.7 Å².